The van der Waals surface area contributed by atoms with Gasteiger partial charge in [-0.3, -0.25) is 5.43 Å². The first kappa shape index (κ1) is 9.64. The second-order valence-electron chi connectivity index (χ2n) is 3.05. The van der Waals surface area contributed by atoms with Gasteiger partial charge in [-0.2, -0.15) is 0 Å². The van der Waals surface area contributed by atoms with Crippen molar-refractivity contribution in [2.24, 2.45) is 0 Å². The van der Waals surface area contributed by atoms with Crippen LogP contribution in [0.2, 0.25) is 0 Å². The van der Waals surface area contributed by atoms with Gasteiger partial charge in [-0.25, -0.2) is 5.01 Å². The van der Waals surface area contributed by atoms with Gasteiger partial charge in [0, 0.05) is 19.6 Å². The zero-order valence-electron chi connectivity index (χ0n) is 7.55. The molecule has 0 unspecified atom stereocenters. The highest BCUT2D eigenvalue weighted by atomic mass is 16.1. The van der Waals surface area contributed by atoms with Gasteiger partial charge < -0.3 is 10.1 Å². The molecule has 4 heteroatoms. The van der Waals surface area contributed by atoms with E-state index in [0.29, 0.717) is 0 Å². The highest BCUT2D eigenvalue weighted by Gasteiger charge is 2.22. The number of nitrogens with one attached hydrogen (secondary N) is 2. The molecule has 0 aromatic heterocycles. The Balaban J connectivity index is 2.17. The fourth-order valence-electron chi connectivity index (χ4n) is 1.45. The number of hydrogen-bond donors (Lipinski definition) is 2. The molecule has 1 heterocycles. The van der Waals surface area contributed by atoms with Crippen LogP contribution in [0.4, 0.5) is 0 Å². The van der Waals surface area contributed by atoms with E-state index in [-0.39, 0.29) is 6.04 Å². The molecule has 1 rings (SSSR count). The maximum absolute atomic E-state index is 10.6. The predicted molar refractivity (Wildman–Crippen MR) is 47.7 cm³/mol. The molecule has 1 aliphatic rings. The molecule has 2 N–H and O–H groups in total. The smallest absolute Gasteiger partial charge is 0.138 e. The van der Waals surface area contributed by atoms with Crippen LogP contribution in [-0.4, -0.2) is 44.0 Å². The number of aldehydes is 1. The van der Waals surface area contributed by atoms with Crippen LogP contribution in [0.15, 0.2) is 0 Å². The molecular weight excluding hydrogens is 154 g/mol. The van der Waals surface area contributed by atoms with Crippen LogP contribution < -0.4 is 10.7 Å². The van der Waals surface area contributed by atoms with E-state index < -0.39 is 0 Å². The van der Waals surface area contributed by atoms with Gasteiger partial charge in [-0.05, 0) is 19.9 Å². The van der Waals surface area contributed by atoms with E-state index in [9.17, 15) is 4.79 Å². The first-order valence-electron chi connectivity index (χ1n) is 4.48. The highest BCUT2D eigenvalue weighted by molar-refractivity contribution is 5.57. The molecule has 0 saturated carbocycles. The van der Waals surface area contributed by atoms with Crippen molar-refractivity contribution in [3.8, 4) is 0 Å². The monoisotopic (exact) mass is 171 g/mol. The van der Waals surface area contributed by atoms with Crippen molar-refractivity contribution < 1.29 is 4.79 Å². The van der Waals surface area contributed by atoms with Gasteiger partial charge in [0.2, 0.25) is 0 Å². The van der Waals surface area contributed by atoms with E-state index in [1.54, 1.807) is 0 Å². The number of likely N-dealkylation sites (N-methyl/N-ethyl adjacent to an activating group) is 1. The zero-order valence-corrected chi connectivity index (χ0v) is 7.55. The van der Waals surface area contributed by atoms with Crippen LogP contribution in [0.5, 0.6) is 0 Å². The van der Waals surface area contributed by atoms with Crippen LogP contribution in [0.1, 0.15) is 12.8 Å². The Kier molecular flexibility index (Phi) is 4.21. The van der Waals surface area contributed by atoms with Crippen molar-refractivity contribution in [2.45, 2.75) is 18.9 Å². The van der Waals surface area contributed by atoms with Gasteiger partial charge in [0.25, 0.3) is 0 Å². The molecule has 1 atom stereocenters. The Morgan fingerprint density at radius 2 is 2.42 bits per heavy atom. The van der Waals surface area contributed by atoms with Crippen molar-refractivity contribution in [2.75, 3.05) is 26.7 Å². The standard InChI is InChI=1S/C8H17N3O/c1-9-4-5-10-11-6-2-3-8(11)7-12/h7-10H,2-6H2,1H3/t8-/m0/s1. The SMILES string of the molecule is CNCCNN1CCC[C@H]1C=O. The molecule has 0 bridgehead atoms. The summed E-state index contributed by atoms with van der Waals surface area (Å²) in [6.45, 7) is 2.82. The van der Waals surface area contributed by atoms with E-state index in [2.05, 4.69) is 10.7 Å². The van der Waals surface area contributed by atoms with Crippen LogP contribution in [-0.2, 0) is 4.79 Å². The fourth-order valence-corrected chi connectivity index (χ4v) is 1.45. The van der Waals surface area contributed by atoms with Crippen LogP contribution in [0, 0.1) is 0 Å². The molecule has 0 radical (unpaired) electrons. The van der Waals surface area contributed by atoms with Crippen LogP contribution >= 0.6 is 0 Å². The summed E-state index contributed by atoms with van der Waals surface area (Å²) >= 11 is 0. The Hall–Kier alpha value is -0.450. The molecule has 0 aromatic rings. The fraction of sp³-hybridized carbons (Fsp3) is 0.875. The van der Waals surface area contributed by atoms with Crippen molar-refractivity contribution in [1.29, 1.82) is 0 Å². The lowest BCUT2D eigenvalue weighted by molar-refractivity contribution is -0.112. The number of hydrazine groups is 1. The maximum atomic E-state index is 10.6. The molecule has 0 aliphatic carbocycles. The molecule has 12 heavy (non-hydrogen) atoms. The minimum Gasteiger partial charge on any atom is -0.318 e. The minimum absolute atomic E-state index is 0.0989. The van der Waals surface area contributed by atoms with E-state index in [4.69, 9.17) is 0 Å². The quantitative estimate of drug-likeness (QED) is 0.427. The number of rotatable bonds is 5. The Bertz CT molecular complexity index is 140. The number of carbonyl (C=O) groups excluding carboxylic acids is 1. The van der Waals surface area contributed by atoms with Gasteiger partial charge >= 0.3 is 0 Å². The normalized spacial score (nSPS) is 24.6. The molecule has 1 saturated heterocycles. The molecule has 0 amide bonds. The summed E-state index contributed by atoms with van der Waals surface area (Å²) in [6.07, 6.45) is 3.14. The summed E-state index contributed by atoms with van der Waals surface area (Å²) in [5.41, 5.74) is 3.22. The summed E-state index contributed by atoms with van der Waals surface area (Å²) in [7, 11) is 1.92. The molecule has 4 nitrogen and oxygen atoms in total. The number of carbonyl (C=O) groups is 1. The summed E-state index contributed by atoms with van der Waals surface area (Å²) in [6, 6.07) is 0.0989. The van der Waals surface area contributed by atoms with Gasteiger partial charge in [-0.15, -0.1) is 0 Å². The number of hydrogen-bond acceptors (Lipinski definition) is 4. The molecule has 0 aromatic carbocycles. The first-order valence-corrected chi connectivity index (χ1v) is 4.48. The van der Waals surface area contributed by atoms with Crippen LogP contribution in [0.3, 0.4) is 0 Å². The summed E-state index contributed by atoms with van der Waals surface area (Å²) in [5, 5.41) is 5.08. The molecule has 70 valence electrons. The van der Waals surface area contributed by atoms with E-state index >= 15 is 0 Å². The average molecular weight is 171 g/mol. The molecule has 1 fully saturated rings. The lowest BCUT2D eigenvalue weighted by Crippen LogP contribution is -2.44. The number of nitrogens with zero attached hydrogens (tertiary/aromatic N) is 1. The minimum atomic E-state index is 0.0989. The average Bonchev–Trinajstić information content (AvgIpc) is 2.52. The summed E-state index contributed by atoms with van der Waals surface area (Å²) in [5.74, 6) is 0. The zero-order chi connectivity index (χ0) is 8.81. The predicted octanol–water partition coefficient (Wildman–Crippen LogP) is -0.626. The van der Waals surface area contributed by atoms with Crippen LogP contribution in [0.25, 0.3) is 0 Å². The first-order chi connectivity index (χ1) is 5.88. The third-order valence-corrected chi connectivity index (χ3v) is 2.15. The summed E-state index contributed by atoms with van der Waals surface area (Å²) < 4.78 is 0. The second-order valence-corrected chi connectivity index (χ2v) is 3.05. The van der Waals surface area contributed by atoms with E-state index in [1.165, 1.54) is 0 Å². The third kappa shape index (κ3) is 2.55. The van der Waals surface area contributed by atoms with Crippen molar-refractivity contribution >= 4 is 6.29 Å². The van der Waals surface area contributed by atoms with Gasteiger partial charge in [0.05, 0.1) is 6.04 Å². The Morgan fingerprint density at radius 3 is 3.08 bits per heavy atom. The van der Waals surface area contributed by atoms with Crippen molar-refractivity contribution in [1.82, 2.24) is 15.8 Å². The molecule has 1 aliphatic heterocycles. The van der Waals surface area contributed by atoms with E-state index in [1.807, 2.05) is 12.1 Å². The topological polar surface area (TPSA) is 44.4 Å². The largest absolute Gasteiger partial charge is 0.318 e. The van der Waals surface area contributed by atoms with E-state index in [0.717, 1.165) is 38.8 Å². The molecular formula is C8H17N3O. The van der Waals surface area contributed by atoms with Crippen molar-refractivity contribution in [3.05, 3.63) is 0 Å². The van der Waals surface area contributed by atoms with Gasteiger partial charge in [0.15, 0.2) is 0 Å². The summed E-state index contributed by atoms with van der Waals surface area (Å²) in [4.78, 5) is 10.6. The van der Waals surface area contributed by atoms with Crippen molar-refractivity contribution in [3.63, 3.8) is 0 Å². The van der Waals surface area contributed by atoms with Gasteiger partial charge in [-0.1, -0.05) is 0 Å². The maximum Gasteiger partial charge on any atom is 0.138 e. The lowest BCUT2D eigenvalue weighted by Gasteiger charge is -2.20. The van der Waals surface area contributed by atoms with Gasteiger partial charge in [0.1, 0.15) is 6.29 Å². The molecule has 0 spiro atoms. The Labute approximate surface area is 73.3 Å². The third-order valence-electron chi connectivity index (χ3n) is 2.15. The lowest BCUT2D eigenvalue weighted by atomic mass is 10.2. The Morgan fingerprint density at radius 1 is 1.58 bits per heavy atom. The highest BCUT2D eigenvalue weighted by Crippen LogP contribution is 2.11. The second kappa shape index (κ2) is 5.24.